The van der Waals surface area contributed by atoms with Crippen molar-refractivity contribution < 1.29 is 4.39 Å². The Morgan fingerprint density at radius 3 is 2.73 bits per heavy atom. The zero-order valence-corrected chi connectivity index (χ0v) is 21.7. The number of nitrogens with one attached hydrogen (secondary N) is 2. The molecule has 1 aliphatic heterocycles. The fourth-order valence-electron chi connectivity index (χ4n) is 5.31. The van der Waals surface area contributed by atoms with Crippen LogP contribution in [-0.4, -0.2) is 37.5 Å². The molecule has 1 saturated carbocycles. The molecule has 1 aromatic carbocycles. The molecule has 2 N–H and O–H groups in total. The van der Waals surface area contributed by atoms with Gasteiger partial charge in [-0.1, -0.05) is 26.0 Å². The number of nitrogens with zero attached hydrogens (tertiary/aromatic N) is 5. The van der Waals surface area contributed by atoms with Crippen molar-refractivity contribution in [2.75, 3.05) is 18.5 Å². The van der Waals surface area contributed by atoms with Crippen LogP contribution in [0.5, 0.6) is 0 Å². The summed E-state index contributed by atoms with van der Waals surface area (Å²) in [6, 6.07) is 11.8. The van der Waals surface area contributed by atoms with E-state index in [1.54, 1.807) is 15.6 Å². The molecule has 1 fully saturated rings. The van der Waals surface area contributed by atoms with Crippen LogP contribution in [0.3, 0.4) is 0 Å². The van der Waals surface area contributed by atoms with E-state index in [4.69, 9.17) is 9.97 Å². The third-order valence-corrected chi connectivity index (χ3v) is 7.58. The number of hydrogen-bond donors (Lipinski definition) is 2. The lowest BCUT2D eigenvalue weighted by atomic mass is 9.90. The molecular weight excluding hydrogens is 469 g/mol. The van der Waals surface area contributed by atoms with Crippen molar-refractivity contribution in [2.45, 2.75) is 64.0 Å². The predicted octanol–water partition coefficient (Wildman–Crippen LogP) is 4.68. The van der Waals surface area contributed by atoms with Crippen molar-refractivity contribution in [2.24, 2.45) is 0 Å². The molecule has 4 heterocycles. The standard InChI is InChI=1S/C28H32FN7O/c1-17(2)35-25(37)20-15-30-26(32-19-8-9-21-18(14-19)10-13-31-28(21)11-12-28)34-24(20)36(35)23-7-5-6-22(33-23)27(3,4)16-29/h5-9,14-15,17,31H,10-13,16H2,1-4H3,(H,30,32,34). The first-order chi connectivity index (χ1) is 17.7. The Bertz CT molecular complexity index is 1560. The number of benzene rings is 1. The molecule has 8 nitrogen and oxygen atoms in total. The minimum atomic E-state index is -0.745. The summed E-state index contributed by atoms with van der Waals surface area (Å²) in [6.07, 6.45) is 4.93. The normalized spacial score (nSPS) is 16.4. The molecule has 3 aromatic heterocycles. The van der Waals surface area contributed by atoms with Crippen LogP contribution in [0.25, 0.3) is 16.9 Å². The van der Waals surface area contributed by atoms with Crippen molar-refractivity contribution in [1.29, 1.82) is 0 Å². The van der Waals surface area contributed by atoms with Gasteiger partial charge >= 0.3 is 0 Å². The number of anilines is 2. The fraction of sp³-hybridized carbons (Fsp3) is 0.429. The minimum Gasteiger partial charge on any atom is -0.324 e. The van der Waals surface area contributed by atoms with Gasteiger partial charge in [0.25, 0.3) is 5.56 Å². The van der Waals surface area contributed by atoms with Crippen molar-refractivity contribution in [1.82, 2.24) is 29.6 Å². The molecule has 0 radical (unpaired) electrons. The van der Waals surface area contributed by atoms with Gasteiger partial charge < -0.3 is 10.6 Å². The van der Waals surface area contributed by atoms with E-state index in [2.05, 4.69) is 33.8 Å². The molecule has 2 aliphatic rings. The van der Waals surface area contributed by atoms with Gasteiger partial charge in [-0.05, 0) is 68.5 Å². The molecule has 37 heavy (non-hydrogen) atoms. The van der Waals surface area contributed by atoms with Gasteiger partial charge in [0.05, 0.1) is 5.69 Å². The Labute approximate surface area is 214 Å². The van der Waals surface area contributed by atoms with Gasteiger partial charge in [0.1, 0.15) is 12.1 Å². The average molecular weight is 502 g/mol. The third kappa shape index (κ3) is 3.92. The second-order valence-electron chi connectivity index (χ2n) is 11.1. The first kappa shape index (κ1) is 23.8. The zero-order valence-electron chi connectivity index (χ0n) is 21.7. The van der Waals surface area contributed by atoms with Gasteiger partial charge in [-0.2, -0.15) is 4.98 Å². The monoisotopic (exact) mass is 501 g/mol. The van der Waals surface area contributed by atoms with Gasteiger partial charge in [0.2, 0.25) is 5.95 Å². The van der Waals surface area contributed by atoms with Crippen molar-refractivity contribution >= 4 is 22.7 Å². The molecule has 192 valence electrons. The Kier molecular flexibility index (Phi) is 5.45. The van der Waals surface area contributed by atoms with Crippen molar-refractivity contribution in [3.05, 3.63) is 69.8 Å². The Hall–Kier alpha value is -3.59. The number of fused-ring (bicyclic) bond motifs is 3. The summed E-state index contributed by atoms with van der Waals surface area (Å²) < 4.78 is 17.1. The number of halogens is 1. The van der Waals surface area contributed by atoms with Gasteiger partial charge in [-0.15, -0.1) is 0 Å². The Balaban J connectivity index is 1.44. The van der Waals surface area contributed by atoms with E-state index in [9.17, 15) is 9.18 Å². The highest BCUT2D eigenvalue weighted by Gasteiger charge is 2.46. The molecule has 0 bridgehead atoms. The van der Waals surface area contributed by atoms with E-state index in [0.717, 1.165) is 18.7 Å². The smallest absolute Gasteiger partial charge is 0.278 e. The lowest BCUT2D eigenvalue weighted by molar-refractivity contribution is 0.343. The summed E-state index contributed by atoms with van der Waals surface area (Å²) in [7, 11) is 0. The number of aromatic nitrogens is 5. The fourth-order valence-corrected chi connectivity index (χ4v) is 5.31. The highest BCUT2D eigenvalue weighted by Crippen LogP contribution is 2.48. The second kappa shape index (κ2) is 8.48. The van der Waals surface area contributed by atoms with Crippen LogP contribution in [0.2, 0.25) is 0 Å². The molecule has 1 aliphatic carbocycles. The molecule has 0 amide bonds. The summed E-state index contributed by atoms with van der Waals surface area (Å²) in [5.41, 5.74) is 3.97. The molecule has 0 saturated heterocycles. The molecule has 0 unspecified atom stereocenters. The third-order valence-electron chi connectivity index (χ3n) is 7.58. The van der Waals surface area contributed by atoms with Gasteiger partial charge in [0, 0.05) is 35.4 Å². The summed E-state index contributed by atoms with van der Waals surface area (Å²) in [5.74, 6) is 0.915. The first-order valence-electron chi connectivity index (χ1n) is 12.9. The van der Waals surface area contributed by atoms with E-state index in [1.165, 1.54) is 24.0 Å². The van der Waals surface area contributed by atoms with Crippen molar-refractivity contribution in [3.63, 3.8) is 0 Å². The van der Waals surface area contributed by atoms with E-state index in [0.29, 0.717) is 28.5 Å². The highest BCUT2D eigenvalue weighted by atomic mass is 19.1. The van der Waals surface area contributed by atoms with E-state index < -0.39 is 12.1 Å². The van der Waals surface area contributed by atoms with Crippen LogP contribution >= 0.6 is 0 Å². The topological polar surface area (TPSA) is 89.7 Å². The predicted molar refractivity (Wildman–Crippen MR) is 143 cm³/mol. The average Bonchev–Trinajstić information content (AvgIpc) is 3.59. The second-order valence-corrected chi connectivity index (χ2v) is 11.1. The lowest BCUT2D eigenvalue weighted by Gasteiger charge is -2.27. The first-order valence-corrected chi connectivity index (χ1v) is 12.9. The summed E-state index contributed by atoms with van der Waals surface area (Å²) >= 11 is 0. The number of alkyl halides is 1. The molecule has 6 rings (SSSR count). The highest BCUT2D eigenvalue weighted by molar-refractivity contribution is 5.77. The Morgan fingerprint density at radius 2 is 2.00 bits per heavy atom. The number of hydrogen-bond acceptors (Lipinski definition) is 6. The van der Waals surface area contributed by atoms with E-state index >= 15 is 0 Å². The molecule has 1 spiro atoms. The van der Waals surface area contributed by atoms with Gasteiger partial charge in [-0.25, -0.2) is 19.3 Å². The maximum Gasteiger partial charge on any atom is 0.278 e. The zero-order chi connectivity index (χ0) is 25.9. The van der Waals surface area contributed by atoms with E-state index in [-0.39, 0.29) is 17.1 Å². The molecular formula is C28H32FN7O. The van der Waals surface area contributed by atoms with Crippen molar-refractivity contribution in [3.8, 4) is 5.82 Å². The lowest BCUT2D eigenvalue weighted by Crippen LogP contribution is -2.36. The number of pyridine rings is 1. The van der Waals surface area contributed by atoms with Crippen LogP contribution in [0.1, 0.15) is 63.4 Å². The van der Waals surface area contributed by atoms with Crippen LogP contribution in [0.15, 0.2) is 47.4 Å². The minimum absolute atomic E-state index is 0.151. The van der Waals surface area contributed by atoms with Crippen LogP contribution in [0, 0.1) is 0 Å². The quantitative estimate of drug-likeness (QED) is 0.399. The molecule has 9 heteroatoms. The maximum absolute atomic E-state index is 13.7. The summed E-state index contributed by atoms with van der Waals surface area (Å²) in [4.78, 5) is 27.3. The Morgan fingerprint density at radius 1 is 1.19 bits per heavy atom. The SMILES string of the molecule is CC(C)n1c(=O)c2cnc(Nc3ccc4c(c3)CCNC43CC3)nc2n1-c1cccc(C(C)(C)CF)n1. The van der Waals surface area contributed by atoms with Crippen LogP contribution in [-0.2, 0) is 17.4 Å². The van der Waals surface area contributed by atoms with E-state index in [1.807, 2.05) is 45.9 Å². The summed E-state index contributed by atoms with van der Waals surface area (Å²) in [5, 5.41) is 7.41. The van der Waals surface area contributed by atoms with Gasteiger partial charge in [0.15, 0.2) is 11.5 Å². The van der Waals surface area contributed by atoms with Gasteiger partial charge in [-0.3, -0.25) is 9.18 Å². The van der Waals surface area contributed by atoms with Crippen LogP contribution < -0.4 is 16.2 Å². The molecule has 0 atom stereocenters. The maximum atomic E-state index is 13.7. The largest absolute Gasteiger partial charge is 0.324 e. The molecule has 4 aromatic rings. The summed E-state index contributed by atoms with van der Waals surface area (Å²) in [6.45, 7) is 7.94. The van der Waals surface area contributed by atoms with Crippen LogP contribution in [0.4, 0.5) is 16.0 Å². The number of rotatable bonds is 6.